The highest BCUT2D eigenvalue weighted by Gasteiger charge is 1.88. The number of rotatable bonds is 2. The molecule has 0 saturated heterocycles. The third-order valence-corrected chi connectivity index (χ3v) is 3.40. The van der Waals surface area contributed by atoms with Crippen molar-refractivity contribution in [2.24, 2.45) is 0 Å². The number of aromatic nitrogens is 2. The Bertz CT molecular complexity index is 790. The summed E-state index contributed by atoms with van der Waals surface area (Å²) in [5, 5.41) is 0. The molecule has 2 nitrogen and oxygen atoms in total. The summed E-state index contributed by atoms with van der Waals surface area (Å²) in [6.45, 7) is 0. The molecule has 1 N–H and O–H groups in total. The summed E-state index contributed by atoms with van der Waals surface area (Å²) in [6, 6.07) is 28.6. The summed E-state index contributed by atoms with van der Waals surface area (Å²) in [5.41, 5.74) is 4.59. The SMILES string of the molecule is C(=Cc1ccccc1)c1ccccc1.c1ccc2[nH]cnc2c1. The summed E-state index contributed by atoms with van der Waals surface area (Å²) in [4.78, 5) is 7.07. The number of para-hydroxylation sites is 2. The molecule has 1 aromatic heterocycles. The van der Waals surface area contributed by atoms with Crippen LogP contribution in [0.3, 0.4) is 0 Å². The molecule has 0 unspecified atom stereocenters. The Hall–Kier alpha value is -3.13. The molecule has 0 aliphatic carbocycles. The lowest BCUT2D eigenvalue weighted by Crippen LogP contribution is -1.70. The van der Waals surface area contributed by atoms with Crippen molar-refractivity contribution in [3.63, 3.8) is 0 Å². The van der Waals surface area contributed by atoms with Crippen molar-refractivity contribution < 1.29 is 0 Å². The summed E-state index contributed by atoms with van der Waals surface area (Å²) >= 11 is 0. The van der Waals surface area contributed by atoms with Gasteiger partial charge in [0, 0.05) is 0 Å². The van der Waals surface area contributed by atoms with Crippen molar-refractivity contribution in [2.75, 3.05) is 0 Å². The van der Waals surface area contributed by atoms with Gasteiger partial charge in [0.1, 0.15) is 0 Å². The predicted molar refractivity (Wildman–Crippen MR) is 97.9 cm³/mol. The first-order valence-electron chi connectivity index (χ1n) is 7.58. The number of aromatic amines is 1. The van der Waals surface area contributed by atoms with Crippen LogP contribution in [-0.4, -0.2) is 9.97 Å². The van der Waals surface area contributed by atoms with E-state index in [1.807, 2.05) is 60.7 Å². The lowest BCUT2D eigenvalue weighted by molar-refractivity contribution is 1.34. The average Bonchev–Trinajstić information content (AvgIpc) is 3.11. The molecule has 0 bridgehead atoms. The van der Waals surface area contributed by atoms with Gasteiger partial charge in [-0.3, -0.25) is 0 Å². The fourth-order valence-corrected chi connectivity index (χ4v) is 2.20. The van der Waals surface area contributed by atoms with Gasteiger partial charge in [0.25, 0.3) is 0 Å². The topological polar surface area (TPSA) is 28.7 Å². The maximum absolute atomic E-state index is 4.06. The van der Waals surface area contributed by atoms with Crippen molar-refractivity contribution in [3.05, 3.63) is 102 Å². The Balaban J connectivity index is 0.000000149. The van der Waals surface area contributed by atoms with Crippen LogP contribution in [0.25, 0.3) is 23.2 Å². The molecule has 0 amide bonds. The van der Waals surface area contributed by atoms with Crippen molar-refractivity contribution >= 4 is 23.2 Å². The van der Waals surface area contributed by atoms with Crippen LogP contribution in [0.15, 0.2) is 91.3 Å². The number of fused-ring (bicyclic) bond motifs is 1. The molecule has 0 atom stereocenters. The molecule has 0 aliphatic rings. The minimum atomic E-state index is 1.03. The Morgan fingerprint density at radius 2 is 1.13 bits per heavy atom. The van der Waals surface area contributed by atoms with Gasteiger partial charge in [-0.2, -0.15) is 0 Å². The van der Waals surface area contributed by atoms with E-state index in [4.69, 9.17) is 0 Å². The van der Waals surface area contributed by atoms with Crippen LogP contribution in [0.1, 0.15) is 11.1 Å². The summed E-state index contributed by atoms with van der Waals surface area (Å²) in [5.74, 6) is 0. The third kappa shape index (κ3) is 4.42. The minimum Gasteiger partial charge on any atom is -0.345 e. The molecule has 0 radical (unpaired) electrons. The smallest absolute Gasteiger partial charge is 0.0931 e. The average molecular weight is 298 g/mol. The van der Waals surface area contributed by atoms with E-state index in [0.29, 0.717) is 0 Å². The quantitative estimate of drug-likeness (QED) is 0.492. The monoisotopic (exact) mass is 298 g/mol. The Morgan fingerprint density at radius 1 is 0.609 bits per heavy atom. The first-order chi connectivity index (χ1) is 11.4. The normalized spacial score (nSPS) is 10.4. The van der Waals surface area contributed by atoms with Crippen molar-refractivity contribution in [2.45, 2.75) is 0 Å². The number of H-pyrrole nitrogens is 1. The van der Waals surface area contributed by atoms with Crippen molar-refractivity contribution in [1.29, 1.82) is 0 Å². The Labute approximate surface area is 136 Å². The van der Waals surface area contributed by atoms with E-state index in [1.165, 1.54) is 11.1 Å². The molecule has 4 rings (SSSR count). The van der Waals surface area contributed by atoms with E-state index in [1.54, 1.807) is 6.33 Å². The molecule has 2 heteroatoms. The maximum Gasteiger partial charge on any atom is 0.0931 e. The predicted octanol–water partition coefficient (Wildman–Crippen LogP) is 5.42. The van der Waals surface area contributed by atoms with Crippen LogP contribution in [0.5, 0.6) is 0 Å². The maximum atomic E-state index is 4.06. The molecule has 23 heavy (non-hydrogen) atoms. The lowest BCUT2D eigenvalue weighted by atomic mass is 10.1. The van der Waals surface area contributed by atoms with Gasteiger partial charge in [0.15, 0.2) is 0 Å². The van der Waals surface area contributed by atoms with Gasteiger partial charge >= 0.3 is 0 Å². The number of hydrogen-bond donors (Lipinski definition) is 1. The van der Waals surface area contributed by atoms with Crippen molar-refractivity contribution in [3.8, 4) is 0 Å². The highest BCUT2D eigenvalue weighted by Crippen LogP contribution is 2.07. The van der Waals surface area contributed by atoms with E-state index >= 15 is 0 Å². The van der Waals surface area contributed by atoms with Gasteiger partial charge in [-0.25, -0.2) is 4.98 Å². The number of benzene rings is 3. The molecule has 0 aliphatic heterocycles. The molecule has 0 fully saturated rings. The Kier molecular flexibility index (Phi) is 4.99. The minimum absolute atomic E-state index is 1.03. The lowest BCUT2D eigenvalue weighted by Gasteiger charge is -1.92. The van der Waals surface area contributed by atoms with Gasteiger partial charge in [-0.15, -0.1) is 0 Å². The summed E-state index contributed by atoms with van der Waals surface area (Å²) < 4.78 is 0. The largest absolute Gasteiger partial charge is 0.345 e. The van der Waals surface area contributed by atoms with Gasteiger partial charge in [-0.1, -0.05) is 84.9 Å². The molecular weight excluding hydrogens is 280 g/mol. The van der Waals surface area contributed by atoms with Crippen LogP contribution >= 0.6 is 0 Å². The van der Waals surface area contributed by atoms with Crippen LogP contribution in [0.2, 0.25) is 0 Å². The van der Waals surface area contributed by atoms with E-state index in [9.17, 15) is 0 Å². The highest BCUT2D eigenvalue weighted by molar-refractivity contribution is 5.73. The van der Waals surface area contributed by atoms with Crippen LogP contribution in [0.4, 0.5) is 0 Å². The van der Waals surface area contributed by atoms with Crippen LogP contribution < -0.4 is 0 Å². The van der Waals surface area contributed by atoms with Gasteiger partial charge < -0.3 is 4.98 Å². The second kappa shape index (κ2) is 7.76. The van der Waals surface area contributed by atoms with Crippen LogP contribution in [-0.2, 0) is 0 Å². The molecule has 0 saturated carbocycles. The number of hydrogen-bond acceptors (Lipinski definition) is 1. The van der Waals surface area contributed by atoms with E-state index in [-0.39, 0.29) is 0 Å². The molecule has 0 spiro atoms. The van der Waals surface area contributed by atoms with E-state index < -0.39 is 0 Å². The van der Waals surface area contributed by atoms with E-state index in [0.717, 1.165) is 11.0 Å². The number of nitrogens with zero attached hydrogens (tertiary/aromatic N) is 1. The van der Waals surface area contributed by atoms with E-state index in [2.05, 4.69) is 46.4 Å². The zero-order chi connectivity index (χ0) is 15.7. The number of imidazole rings is 1. The molecule has 112 valence electrons. The first kappa shape index (κ1) is 14.8. The third-order valence-electron chi connectivity index (χ3n) is 3.40. The second-order valence-electron chi connectivity index (χ2n) is 5.07. The summed E-state index contributed by atoms with van der Waals surface area (Å²) in [6.07, 6.45) is 5.94. The zero-order valence-corrected chi connectivity index (χ0v) is 12.8. The fraction of sp³-hybridized carbons (Fsp3) is 0. The highest BCUT2D eigenvalue weighted by atomic mass is 14.9. The standard InChI is InChI=1S/C14H12.C7H6N2/c1-3-7-13(8-4-1)11-12-14-9-5-2-6-10-14;1-2-4-7-6(3-1)8-5-9-7/h1-12H;1-5H,(H,8,9). The van der Waals surface area contributed by atoms with Crippen LogP contribution in [0, 0.1) is 0 Å². The summed E-state index contributed by atoms with van der Waals surface area (Å²) in [7, 11) is 0. The molecule has 3 aromatic carbocycles. The molecule has 4 aromatic rings. The fourth-order valence-electron chi connectivity index (χ4n) is 2.20. The van der Waals surface area contributed by atoms with Gasteiger partial charge in [0.05, 0.1) is 17.4 Å². The van der Waals surface area contributed by atoms with Gasteiger partial charge in [-0.05, 0) is 23.3 Å². The molecular formula is C21H18N2. The first-order valence-corrected chi connectivity index (χ1v) is 7.58. The molecule has 1 heterocycles. The van der Waals surface area contributed by atoms with Gasteiger partial charge in [0.2, 0.25) is 0 Å². The Morgan fingerprint density at radius 3 is 1.70 bits per heavy atom. The number of nitrogens with one attached hydrogen (secondary N) is 1. The second-order valence-corrected chi connectivity index (χ2v) is 5.07. The zero-order valence-electron chi connectivity index (χ0n) is 12.8. The van der Waals surface area contributed by atoms with Crippen molar-refractivity contribution in [1.82, 2.24) is 9.97 Å².